The predicted octanol–water partition coefficient (Wildman–Crippen LogP) is 3.11. The van der Waals surface area contributed by atoms with Gasteiger partial charge in [-0.2, -0.15) is 0 Å². The van der Waals surface area contributed by atoms with Crippen molar-refractivity contribution in [2.75, 3.05) is 13.2 Å². The van der Waals surface area contributed by atoms with Crippen LogP contribution >= 0.6 is 15.9 Å². The summed E-state index contributed by atoms with van der Waals surface area (Å²) >= 11 is 3.36. The molecule has 0 saturated carbocycles. The molecule has 1 amide bonds. The zero-order valence-electron chi connectivity index (χ0n) is 10.0. The van der Waals surface area contributed by atoms with Gasteiger partial charge < -0.3 is 14.7 Å². The van der Waals surface area contributed by atoms with Crippen LogP contribution in [0.2, 0.25) is 0 Å². The van der Waals surface area contributed by atoms with Gasteiger partial charge in [0.1, 0.15) is 0 Å². The van der Waals surface area contributed by atoms with Crippen LogP contribution in [-0.2, 0) is 11.3 Å². The summed E-state index contributed by atoms with van der Waals surface area (Å²) in [6.45, 7) is 1.60. The fourth-order valence-electron chi connectivity index (χ4n) is 2.05. The fraction of sp³-hybridized carbons (Fsp3) is 0.462. The van der Waals surface area contributed by atoms with Crippen molar-refractivity contribution in [3.63, 3.8) is 0 Å². The molecule has 18 heavy (non-hydrogen) atoms. The molecule has 1 aromatic rings. The molecule has 2 rings (SSSR count). The van der Waals surface area contributed by atoms with Crippen LogP contribution in [0.5, 0.6) is 0 Å². The van der Waals surface area contributed by atoms with Crippen molar-refractivity contribution in [3.05, 3.63) is 34.3 Å². The lowest BCUT2D eigenvalue weighted by molar-refractivity contribution is 0.0671. The van der Waals surface area contributed by atoms with Gasteiger partial charge in [0.2, 0.25) is 0 Å². The fourth-order valence-corrected chi connectivity index (χ4v) is 2.32. The van der Waals surface area contributed by atoms with Crippen molar-refractivity contribution in [1.29, 1.82) is 0 Å². The Morgan fingerprint density at radius 3 is 2.72 bits per heavy atom. The van der Waals surface area contributed by atoms with Gasteiger partial charge in [0.15, 0.2) is 0 Å². The van der Waals surface area contributed by atoms with Crippen LogP contribution in [0.3, 0.4) is 0 Å². The van der Waals surface area contributed by atoms with Crippen LogP contribution in [0.1, 0.15) is 18.4 Å². The Morgan fingerprint density at radius 1 is 1.44 bits per heavy atom. The molecule has 5 heteroatoms. The smallest absolute Gasteiger partial charge is 0.407 e. The second-order valence-electron chi connectivity index (χ2n) is 4.42. The van der Waals surface area contributed by atoms with Gasteiger partial charge in [-0.15, -0.1) is 0 Å². The van der Waals surface area contributed by atoms with Gasteiger partial charge in [-0.1, -0.05) is 28.1 Å². The van der Waals surface area contributed by atoms with Crippen molar-refractivity contribution < 1.29 is 14.6 Å². The van der Waals surface area contributed by atoms with Gasteiger partial charge >= 0.3 is 6.09 Å². The molecular weight excluding hydrogens is 298 g/mol. The molecule has 1 unspecified atom stereocenters. The van der Waals surface area contributed by atoms with Gasteiger partial charge in [0, 0.05) is 17.6 Å². The number of nitrogens with zero attached hydrogens (tertiary/aromatic N) is 1. The van der Waals surface area contributed by atoms with E-state index in [-0.39, 0.29) is 6.10 Å². The molecule has 0 aromatic heterocycles. The molecule has 1 atom stereocenters. The van der Waals surface area contributed by atoms with Crippen molar-refractivity contribution in [2.24, 2.45) is 0 Å². The van der Waals surface area contributed by atoms with Crippen molar-refractivity contribution >= 4 is 22.0 Å². The van der Waals surface area contributed by atoms with E-state index in [2.05, 4.69) is 15.9 Å². The number of carbonyl (C=O) groups is 1. The van der Waals surface area contributed by atoms with Gasteiger partial charge in [-0.05, 0) is 30.5 Å². The van der Waals surface area contributed by atoms with E-state index in [1.807, 2.05) is 24.3 Å². The number of carboxylic acid groups (broad SMARTS) is 1. The lowest BCUT2D eigenvalue weighted by Crippen LogP contribution is -2.35. The van der Waals surface area contributed by atoms with E-state index in [1.54, 1.807) is 0 Å². The van der Waals surface area contributed by atoms with Crippen LogP contribution in [0.4, 0.5) is 4.79 Å². The molecule has 98 valence electrons. The summed E-state index contributed by atoms with van der Waals surface area (Å²) in [5, 5.41) is 9.21. The second-order valence-corrected chi connectivity index (χ2v) is 5.34. The number of benzene rings is 1. The minimum absolute atomic E-state index is 0.0524. The van der Waals surface area contributed by atoms with Crippen molar-refractivity contribution in [2.45, 2.75) is 25.5 Å². The summed E-state index contributed by atoms with van der Waals surface area (Å²) < 4.78 is 6.47. The summed E-state index contributed by atoms with van der Waals surface area (Å²) in [4.78, 5) is 12.6. The van der Waals surface area contributed by atoms with E-state index < -0.39 is 6.09 Å². The average molecular weight is 314 g/mol. The van der Waals surface area contributed by atoms with Crippen LogP contribution in [0.25, 0.3) is 0 Å². The third-order valence-electron chi connectivity index (χ3n) is 3.01. The molecular formula is C13H16BrNO3. The number of ether oxygens (including phenoxy) is 1. The first-order valence-corrected chi connectivity index (χ1v) is 6.78. The summed E-state index contributed by atoms with van der Waals surface area (Å²) in [5.41, 5.74) is 0.985. The highest BCUT2D eigenvalue weighted by Gasteiger charge is 2.22. The largest absolute Gasteiger partial charge is 0.465 e. The van der Waals surface area contributed by atoms with E-state index >= 15 is 0 Å². The lowest BCUT2D eigenvalue weighted by atomic mass is 10.2. The molecule has 0 aliphatic carbocycles. The van der Waals surface area contributed by atoms with Gasteiger partial charge in [-0.25, -0.2) is 4.79 Å². The van der Waals surface area contributed by atoms with Crippen molar-refractivity contribution in [3.8, 4) is 0 Å². The monoisotopic (exact) mass is 313 g/mol. The Balaban J connectivity index is 1.97. The number of rotatable bonds is 4. The number of halogens is 1. The van der Waals surface area contributed by atoms with Crippen LogP contribution in [0.15, 0.2) is 28.7 Å². The summed E-state index contributed by atoms with van der Waals surface area (Å²) in [6, 6.07) is 7.69. The normalized spacial score (nSPS) is 18.8. The van der Waals surface area contributed by atoms with E-state index in [1.165, 1.54) is 4.90 Å². The predicted molar refractivity (Wildman–Crippen MR) is 71.6 cm³/mol. The first-order chi connectivity index (χ1) is 8.65. The van der Waals surface area contributed by atoms with E-state index in [0.29, 0.717) is 13.1 Å². The van der Waals surface area contributed by atoms with E-state index in [4.69, 9.17) is 4.74 Å². The summed E-state index contributed by atoms with van der Waals surface area (Å²) in [5.74, 6) is 0. The SMILES string of the molecule is O=C(O)N(Cc1ccc(Br)cc1)CC1CCCO1. The zero-order valence-corrected chi connectivity index (χ0v) is 11.6. The van der Waals surface area contributed by atoms with Crippen LogP contribution in [-0.4, -0.2) is 35.4 Å². The Labute approximate surface area is 115 Å². The molecule has 4 nitrogen and oxygen atoms in total. The Kier molecular flexibility index (Phi) is 4.60. The number of hydrogen-bond acceptors (Lipinski definition) is 2. The number of hydrogen-bond donors (Lipinski definition) is 1. The minimum atomic E-state index is -0.895. The molecule has 1 saturated heterocycles. The maximum absolute atomic E-state index is 11.2. The first kappa shape index (κ1) is 13.4. The third-order valence-corrected chi connectivity index (χ3v) is 3.53. The molecule has 1 N–H and O–H groups in total. The Morgan fingerprint density at radius 2 is 2.17 bits per heavy atom. The van der Waals surface area contributed by atoms with E-state index in [0.717, 1.165) is 29.5 Å². The highest BCUT2D eigenvalue weighted by atomic mass is 79.9. The van der Waals surface area contributed by atoms with Crippen LogP contribution in [0, 0.1) is 0 Å². The Hall–Kier alpha value is -1.07. The second kappa shape index (κ2) is 6.20. The minimum Gasteiger partial charge on any atom is -0.465 e. The quantitative estimate of drug-likeness (QED) is 0.929. The molecule has 1 aromatic carbocycles. The third kappa shape index (κ3) is 3.71. The van der Waals surface area contributed by atoms with Crippen molar-refractivity contribution in [1.82, 2.24) is 4.90 Å². The molecule has 0 bridgehead atoms. The van der Waals surface area contributed by atoms with Gasteiger partial charge in [-0.3, -0.25) is 0 Å². The molecule has 1 fully saturated rings. The highest BCUT2D eigenvalue weighted by Crippen LogP contribution is 2.16. The lowest BCUT2D eigenvalue weighted by Gasteiger charge is -2.22. The zero-order chi connectivity index (χ0) is 13.0. The topological polar surface area (TPSA) is 49.8 Å². The maximum atomic E-state index is 11.2. The molecule has 0 radical (unpaired) electrons. The first-order valence-electron chi connectivity index (χ1n) is 5.99. The molecule has 0 spiro atoms. The maximum Gasteiger partial charge on any atom is 0.407 e. The summed E-state index contributed by atoms with van der Waals surface area (Å²) in [7, 11) is 0. The molecule has 1 aliphatic heterocycles. The van der Waals surface area contributed by atoms with Crippen LogP contribution < -0.4 is 0 Å². The average Bonchev–Trinajstić information content (AvgIpc) is 2.84. The Bertz CT molecular complexity index is 401. The van der Waals surface area contributed by atoms with Gasteiger partial charge in [0.05, 0.1) is 12.6 Å². The van der Waals surface area contributed by atoms with E-state index in [9.17, 15) is 9.90 Å². The highest BCUT2D eigenvalue weighted by molar-refractivity contribution is 9.10. The number of amides is 1. The van der Waals surface area contributed by atoms with Gasteiger partial charge in [0.25, 0.3) is 0 Å². The standard InChI is InChI=1S/C13H16BrNO3/c14-11-5-3-10(4-6-11)8-15(13(16)17)9-12-2-1-7-18-12/h3-6,12H,1-2,7-9H2,(H,16,17). The summed E-state index contributed by atoms with van der Waals surface area (Å²) in [6.07, 6.45) is 1.13. The molecule has 1 heterocycles. The molecule has 1 aliphatic rings.